The SMILES string of the molecule is CCCC(N)CC(=O)N1CCCCC1C. The molecule has 2 N–H and O–H groups in total. The van der Waals surface area contributed by atoms with Crippen LogP contribution < -0.4 is 5.73 Å². The van der Waals surface area contributed by atoms with Crippen molar-refractivity contribution in [2.75, 3.05) is 6.54 Å². The third-order valence-electron chi connectivity index (χ3n) is 3.22. The summed E-state index contributed by atoms with van der Waals surface area (Å²) in [5.74, 6) is 0.253. The van der Waals surface area contributed by atoms with Crippen LogP contribution in [0.1, 0.15) is 52.4 Å². The molecule has 0 aromatic rings. The normalized spacial score (nSPS) is 23.9. The van der Waals surface area contributed by atoms with Gasteiger partial charge in [0.05, 0.1) is 0 Å². The number of hydrogen-bond donors (Lipinski definition) is 1. The summed E-state index contributed by atoms with van der Waals surface area (Å²) in [6.07, 6.45) is 6.09. The summed E-state index contributed by atoms with van der Waals surface area (Å²) < 4.78 is 0. The lowest BCUT2D eigenvalue weighted by Crippen LogP contribution is -2.44. The fourth-order valence-electron chi connectivity index (χ4n) is 2.28. The predicted octanol–water partition coefficient (Wildman–Crippen LogP) is 1.90. The van der Waals surface area contributed by atoms with Crippen molar-refractivity contribution < 1.29 is 4.79 Å². The summed E-state index contributed by atoms with van der Waals surface area (Å²) in [6, 6.07) is 0.469. The zero-order valence-corrected chi connectivity index (χ0v) is 10.0. The Morgan fingerprint density at radius 3 is 2.87 bits per heavy atom. The number of nitrogens with two attached hydrogens (primary N) is 1. The summed E-state index contributed by atoms with van der Waals surface area (Å²) in [5.41, 5.74) is 5.89. The lowest BCUT2D eigenvalue weighted by atomic mass is 10.0. The van der Waals surface area contributed by atoms with E-state index < -0.39 is 0 Å². The first kappa shape index (κ1) is 12.5. The molecule has 0 aliphatic carbocycles. The summed E-state index contributed by atoms with van der Waals surface area (Å²) >= 11 is 0. The minimum atomic E-state index is 0.0524. The Balaban J connectivity index is 2.37. The van der Waals surface area contributed by atoms with Crippen LogP contribution in [0.5, 0.6) is 0 Å². The molecule has 1 amide bonds. The second kappa shape index (κ2) is 6.11. The van der Waals surface area contributed by atoms with Crippen molar-refractivity contribution in [1.82, 2.24) is 4.90 Å². The number of carbonyl (C=O) groups excluding carboxylic acids is 1. The van der Waals surface area contributed by atoms with Crippen molar-refractivity contribution >= 4 is 5.91 Å². The fourth-order valence-corrected chi connectivity index (χ4v) is 2.28. The van der Waals surface area contributed by atoms with E-state index in [2.05, 4.69) is 13.8 Å². The van der Waals surface area contributed by atoms with Gasteiger partial charge in [-0.25, -0.2) is 0 Å². The number of rotatable bonds is 4. The predicted molar refractivity (Wildman–Crippen MR) is 62.5 cm³/mol. The largest absolute Gasteiger partial charge is 0.340 e. The zero-order valence-electron chi connectivity index (χ0n) is 10.0. The van der Waals surface area contributed by atoms with E-state index in [-0.39, 0.29) is 11.9 Å². The molecule has 1 fully saturated rings. The van der Waals surface area contributed by atoms with E-state index in [0.29, 0.717) is 12.5 Å². The van der Waals surface area contributed by atoms with Gasteiger partial charge in [0.25, 0.3) is 0 Å². The van der Waals surface area contributed by atoms with Gasteiger partial charge >= 0.3 is 0 Å². The smallest absolute Gasteiger partial charge is 0.224 e. The molecular weight excluding hydrogens is 188 g/mol. The highest BCUT2D eigenvalue weighted by atomic mass is 16.2. The summed E-state index contributed by atoms with van der Waals surface area (Å²) in [5, 5.41) is 0. The molecule has 3 nitrogen and oxygen atoms in total. The van der Waals surface area contributed by atoms with Gasteiger partial charge in [0.2, 0.25) is 5.91 Å². The molecule has 0 radical (unpaired) electrons. The topological polar surface area (TPSA) is 46.3 Å². The van der Waals surface area contributed by atoms with Crippen LogP contribution in [0, 0.1) is 0 Å². The van der Waals surface area contributed by atoms with Crippen LogP contribution in [0.25, 0.3) is 0 Å². The highest BCUT2D eigenvalue weighted by Gasteiger charge is 2.23. The Labute approximate surface area is 93.0 Å². The molecule has 88 valence electrons. The van der Waals surface area contributed by atoms with E-state index >= 15 is 0 Å². The molecule has 2 atom stereocenters. The second-order valence-corrected chi connectivity index (χ2v) is 4.68. The first-order valence-electron chi connectivity index (χ1n) is 6.20. The molecule has 1 aliphatic rings. The van der Waals surface area contributed by atoms with Gasteiger partial charge in [0.15, 0.2) is 0 Å². The van der Waals surface area contributed by atoms with Crippen LogP contribution in [0.4, 0.5) is 0 Å². The lowest BCUT2D eigenvalue weighted by molar-refractivity contribution is -0.134. The van der Waals surface area contributed by atoms with Gasteiger partial charge in [-0.1, -0.05) is 13.3 Å². The maximum absolute atomic E-state index is 11.9. The van der Waals surface area contributed by atoms with Gasteiger partial charge in [0.1, 0.15) is 0 Å². The molecule has 0 bridgehead atoms. The minimum Gasteiger partial charge on any atom is -0.340 e. The number of likely N-dealkylation sites (tertiary alicyclic amines) is 1. The van der Waals surface area contributed by atoms with Gasteiger partial charge in [0, 0.05) is 25.0 Å². The van der Waals surface area contributed by atoms with Crippen molar-refractivity contribution in [3.05, 3.63) is 0 Å². The molecule has 15 heavy (non-hydrogen) atoms. The average molecular weight is 212 g/mol. The first-order valence-corrected chi connectivity index (χ1v) is 6.20. The van der Waals surface area contributed by atoms with Crippen LogP contribution >= 0.6 is 0 Å². The molecule has 0 saturated carbocycles. The van der Waals surface area contributed by atoms with Gasteiger partial charge in [-0.2, -0.15) is 0 Å². The third-order valence-corrected chi connectivity index (χ3v) is 3.22. The highest BCUT2D eigenvalue weighted by Crippen LogP contribution is 2.17. The Morgan fingerprint density at radius 2 is 2.27 bits per heavy atom. The molecule has 1 aliphatic heterocycles. The van der Waals surface area contributed by atoms with E-state index in [4.69, 9.17) is 5.73 Å². The highest BCUT2D eigenvalue weighted by molar-refractivity contribution is 5.77. The van der Waals surface area contributed by atoms with Gasteiger partial charge in [-0.15, -0.1) is 0 Å². The molecule has 1 heterocycles. The van der Waals surface area contributed by atoms with Gasteiger partial charge in [-0.05, 0) is 32.6 Å². The number of amides is 1. The van der Waals surface area contributed by atoms with Gasteiger partial charge < -0.3 is 10.6 Å². The van der Waals surface area contributed by atoms with Crippen LogP contribution in [0.15, 0.2) is 0 Å². The summed E-state index contributed by atoms with van der Waals surface area (Å²) in [4.78, 5) is 14.0. The summed E-state index contributed by atoms with van der Waals surface area (Å²) in [7, 11) is 0. The van der Waals surface area contributed by atoms with Crippen LogP contribution in [-0.4, -0.2) is 29.4 Å². The number of hydrogen-bond acceptors (Lipinski definition) is 2. The summed E-state index contributed by atoms with van der Waals surface area (Å²) in [6.45, 7) is 5.18. The fraction of sp³-hybridized carbons (Fsp3) is 0.917. The van der Waals surface area contributed by atoms with Crippen molar-refractivity contribution in [2.45, 2.75) is 64.5 Å². The molecular formula is C12H24N2O. The molecule has 0 aromatic heterocycles. The van der Waals surface area contributed by atoms with Gasteiger partial charge in [-0.3, -0.25) is 4.79 Å². The van der Waals surface area contributed by atoms with Crippen LogP contribution in [0.2, 0.25) is 0 Å². The van der Waals surface area contributed by atoms with Crippen molar-refractivity contribution in [3.63, 3.8) is 0 Å². The second-order valence-electron chi connectivity index (χ2n) is 4.68. The lowest BCUT2D eigenvalue weighted by Gasteiger charge is -2.34. The standard InChI is InChI=1S/C12H24N2O/c1-3-6-11(13)9-12(15)14-8-5-4-7-10(14)2/h10-11H,3-9,13H2,1-2H3. The Kier molecular flexibility index (Phi) is 5.09. The maximum atomic E-state index is 11.9. The van der Waals surface area contributed by atoms with E-state index in [0.717, 1.165) is 32.2 Å². The Hall–Kier alpha value is -0.570. The van der Waals surface area contributed by atoms with Crippen LogP contribution in [-0.2, 0) is 4.79 Å². The molecule has 0 spiro atoms. The average Bonchev–Trinajstić information content (AvgIpc) is 2.18. The molecule has 1 rings (SSSR count). The van der Waals surface area contributed by atoms with Crippen molar-refractivity contribution in [1.29, 1.82) is 0 Å². The minimum absolute atomic E-state index is 0.0524. The zero-order chi connectivity index (χ0) is 11.3. The maximum Gasteiger partial charge on any atom is 0.224 e. The molecule has 1 saturated heterocycles. The quantitative estimate of drug-likeness (QED) is 0.773. The number of piperidine rings is 1. The van der Waals surface area contributed by atoms with E-state index in [9.17, 15) is 4.79 Å². The molecule has 3 heteroatoms. The van der Waals surface area contributed by atoms with E-state index in [1.807, 2.05) is 4.90 Å². The third kappa shape index (κ3) is 3.82. The number of carbonyl (C=O) groups is 1. The molecule has 2 unspecified atom stereocenters. The number of nitrogens with zero attached hydrogens (tertiary/aromatic N) is 1. The van der Waals surface area contributed by atoms with Crippen LogP contribution in [0.3, 0.4) is 0 Å². The van der Waals surface area contributed by atoms with E-state index in [1.165, 1.54) is 6.42 Å². The Bertz CT molecular complexity index is 206. The Morgan fingerprint density at radius 1 is 1.53 bits per heavy atom. The van der Waals surface area contributed by atoms with Crippen molar-refractivity contribution in [2.24, 2.45) is 5.73 Å². The van der Waals surface area contributed by atoms with E-state index in [1.54, 1.807) is 0 Å². The first-order chi connectivity index (χ1) is 7.15. The monoisotopic (exact) mass is 212 g/mol. The van der Waals surface area contributed by atoms with Crippen molar-refractivity contribution in [3.8, 4) is 0 Å². The molecule has 0 aromatic carbocycles.